The van der Waals surface area contributed by atoms with E-state index in [1.54, 1.807) is 25.4 Å². The molecule has 2 aliphatic rings. The molecular formula is C24H24N6O5. The normalized spacial score (nSPS) is 16.8. The highest BCUT2D eigenvalue weighted by Gasteiger charge is 2.33. The number of hydrogen-bond donors (Lipinski definition) is 2. The van der Waals surface area contributed by atoms with E-state index in [0.717, 1.165) is 16.8 Å². The van der Waals surface area contributed by atoms with Gasteiger partial charge in [0.05, 0.1) is 25.5 Å². The third-order valence-corrected chi connectivity index (χ3v) is 5.67. The lowest BCUT2D eigenvalue weighted by molar-refractivity contribution is -0.118. The quantitative estimate of drug-likeness (QED) is 0.471. The van der Waals surface area contributed by atoms with Gasteiger partial charge in [0, 0.05) is 18.2 Å². The van der Waals surface area contributed by atoms with Crippen molar-refractivity contribution in [1.29, 1.82) is 0 Å². The summed E-state index contributed by atoms with van der Waals surface area (Å²) in [5, 5.41) is 14.2. The van der Waals surface area contributed by atoms with Crippen LogP contribution in [0.5, 0.6) is 11.5 Å². The molecule has 2 aliphatic heterocycles. The van der Waals surface area contributed by atoms with Gasteiger partial charge in [0.2, 0.25) is 0 Å². The Hall–Kier alpha value is -4.25. The maximum absolute atomic E-state index is 12.4. The smallest absolute Gasteiger partial charge is 0.415 e. The molecule has 5 rings (SSSR count). The van der Waals surface area contributed by atoms with E-state index in [2.05, 4.69) is 31.9 Å². The molecule has 0 unspecified atom stereocenters. The van der Waals surface area contributed by atoms with Crippen LogP contribution in [0.4, 0.5) is 16.4 Å². The molecule has 2 N–H and O–H groups in total. The Morgan fingerprint density at radius 3 is 3.03 bits per heavy atom. The van der Waals surface area contributed by atoms with Crippen LogP contribution < -0.4 is 25.0 Å². The van der Waals surface area contributed by atoms with E-state index in [0.29, 0.717) is 49.2 Å². The summed E-state index contributed by atoms with van der Waals surface area (Å²) < 4.78 is 16.0. The second kappa shape index (κ2) is 9.94. The highest BCUT2D eigenvalue weighted by atomic mass is 16.6. The summed E-state index contributed by atoms with van der Waals surface area (Å²) in [5.74, 6) is 1.56. The fourth-order valence-corrected chi connectivity index (χ4v) is 3.90. The maximum atomic E-state index is 12.4. The summed E-state index contributed by atoms with van der Waals surface area (Å²) in [6.07, 6.45) is 1.49. The Labute approximate surface area is 201 Å². The molecule has 35 heavy (non-hydrogen) atoms. The monoisotopic (exact) mass is 476 g/mol. The maximum Gasteiger partial charge on any atom is 0.415 e. The van der Waals surface area contributed by atoms with Crippen molar-refractivity contribution in [3.05, 3.63) is 54.2 Å². The summed E-state index contributed by atoms with van der Waals surface area (Å²) in [6, 6.07) is 13.2. The second-order valence-corrected chi connectivity index (χ2v) is 8.12. The van der Waals surface area contributed by atoms with Crippen LogP contribution in [0, 0.1) is 0 Å². The summed E-state index contributed by atoms with van der Waals surface area (Å²) in [4.78, 5) is 29.7. The van der Waals surface area contributed by atoms with Crippen molar-refractivity contribution in [3.8, 4) is 22.8 Å². The molecule has 0 radical (unpaired) electrons. The zero-order valence-corrected chi connectivity index (χ0v) is 19.1. The van der Waals surface area contributed by atoms with Gasteiger partial charge in [-0.05, 0) is 36.7 Å². The number of cyclic esters (lactones) is 1. The lowest BCUT2D eigenvalue weighted by atomic mass is 10.1. The van der Waals surface area contributed by atoms with Crippen LogP contribution in [0.2, 0.25) is 0 Å². The van der Waals surface area contributed by atoms with E-state index in [1.165, 1.54) is 4.90 Å². The number of nitrogens with one attached hydrogen (secondary N) is 2. The minimum absolute atomic E-state index is 0.0474. The van der Waals surface area contributed by atoms with E-state index in [9.17, 15) is 9.59 Å². The molecule has 11 heteroatoms. The average molecular weight is 476 g/mol. The summed E-state index contributed by atoms with van der Waals surface area (Å²) >= 11 is 0. The van der Waals surface area contributed by atoms with Crippen LogP contribution in [0.25, 0.3) is 11.3 Å². The first-order valence-electron chi connectivity index (χ1n) is 11.2. The number of anilines is 2. The highest BCUT2D eigenvalue weighted by Crippen LogP contribution is 2.30. The van der Waals surface area contributed by atoms with Gasteiger partial charge in [-0.3, -0.25) is 9.69 Å². The van der Waals surface area contributed by atoms with Crippen LogP contribution in [0.1, 0.15) is 12.0 Å². The average Bonchev–Trinajstić information content (AvgIpc) is 3.26. The third kappa shape index (κ3) is 5.14. The Balaban J connectivity index is 1.13. The summed E-state index contributed by atoms with van der Waals surface area (Å²) in [7, 11) is 1.60. The van der Waals surface area contributed by atoms with E-state index in [-0.39, 0.29) is 18.6 Å². The molecule has 0 bridgehead atoms. The van der Waals surface area contributed by atoms with Crippen LogP contribution in [-0.2, 0) is 16.1 Å². The molecular weight excluding hydrogens is 452 g/mol. The number of carbonyl (C=O) groups is 2. The first-order valence-corrected chi connectivity index (χ1v) is 11.2. The van der Waals surface area contributed by atoms with Crippen molar-refractivity contribution in [3.63, 3.8) is 0 Å². The van der Waals surface area contributed by atoms with Crippen LogP contribution in [0.15, 0.2) is 48.7 Å². The van der Waals surface area contributed by atoms with E-state index in [1.807, 2.05) is 24.3 Å². The Morgan fingerprint density at radius 2 is 2.14 bits per heavy atom. The predicted molar refractivity (Wildman–Crippen MR) is 126 cm³/mol. The molecule has 1 fully saturated rings. The van der Waals surface area contributed by atoms with E-state index >= 15 is 0 Å². The largest absolute Gasteiger partial charge is 0.495 e. The van der Waals surface area contributed by atoms with Gasteiger partial charge in [0.15, 0.2) is 18.2 Å². The van der Waals surface area contributed by atoms with Crippen molar-refractivity contribution in [2.75, 3.05) is 37.0 Å². The second-order valence-electron chi connectivity index (χ2n) is 8.12. The van der Waals surface area contributed by atoms with Crippen LogP contribution >= 0.6 is 0 Å². The topological polar surface area (TPSA) is 128 Å². The predicted octanol–water partition coefficient (Wildman–Crippen LogP) is 2.38. The molecule has 2 aromatic heterocycles. The van der Waals surface area contributed by atoms with Gasteiger partial charge >= 0.3 is 6.09 Å². The van der Waals surface area contributed by atoms with Crippen molar-refractivity contribution in [2.24, 2.45) is 0 Å². The number of rotatable bonds is 8. The Bertz CT molecular complexity index is 1250. The van der Waals surface area contributed by atoms with Crippen LogP contribution in [0.3, 0.4) is 0 Å². The minimum atomic E-state index is -0.461. The molecule has 0 spiro atoms. The molecule has 3 aromatic rings. The van der Waals surface area contributed by atoms with Gasteiger partial charge in [-0.15, -0.1) is 0 Å². The number of hydrogen-bond acceptors (Lipinski definition) is 9. The molecule has 1 atom stereocenters. The number of fused-ring (bicyclic) bond motifs is 1. The number of amides is 2. The first kappa shape index (κ1) is 22.5. The van der Waals surface area contributed by atoms with E-state index < -0.39 is 6.09 Å². The Kier molecular flexibility index (Phi) is 6.40. The standard InChI is InChI=1S/C24H24N6O5/c1-33-18-10-19(29-26-12-18)16-4-2-3-15(9-16)11-25-8-7-17-13-30(24(32)35-17)21-6-5-20-23(27-21)28-22(31)14-34-20/h2-6,9-10,12,17,25H,7-8,11,13-14H2,1H3,(H,27,28,31)/t17-/m1/s1. The molecule has 0 aliphatic carbocycles. The van der Waals surface area contributed by atoms with Gasteiger partial charge < -0.3 is 24.8 Å². The number of benzene rings is 1. The van der Waals surface area contributed by atoms with Crippen molar-refractivity contribution >= 4 is 23.6 Å². The van der Waals surface area contributed by atoms with Crippen molar-refractivity contribution < 1.29 is 23.8 Å². The van der Waals surface area contributed by atoms with Crippen molar-refractivity contribution in [2.45, 2.75) is 19.1 Å². The van der Waals surface area contributed by atoms with Gasteiger partial charge in [-0.1, -0.05) is 18.2 Å². The molecule has 180 valence electrons. The highest BCUT2D eigenvalue weighted by molar-refractivity contribution is 5.95. The molecule has 0 saturated carbocycles. The molecule has 1 aromatic carbocycles. The zero-order valence-electron chi connectivity index (χ0n) is 19.1. The van der Waals surface area contributed by atoms with Gasteiger partial charge in [-0.25, -0.2) is 9.78 Å². The van der Waals surface area contributed by atoms with Gasteiger partial charge in [0.1, 0.15) is 17.7 Å². The number of methoxy groups -OCH3 is 1. The Morgan fingerprint density at radius 1 is 1.23 bits per heavy atom. The van der Waals surface area contributed by atoms with Gasteiger partial charge in [0.25, 0.3) is 5.91 Å². The molecule has 4 heterocycles. The lowest BCUT2D eigenvalue weighted by Gasteiger charge is -2.19. The van der Waals surface area contributed by atoms with Gasteiger partial charge in [-0.2, -0.15) is 10.2 Å². The van der Waals surface area contributed by atoms with Crippen molar-refractivity contribution in [1.82, 2.24) is 20.5 Å². The molecule has 2 amide bonds. The number of carbonyl (C=O) groups excluding carboxylic acids is 2. The fourth-order valence-electron chi connectivity index (χ4n) is 3.90. The summed E-state index contributed by atoms with van der Waals surface area (Å²) in [5.41, 5.74) is 2.79. The zero-order chi connectivity index (χ0) is 24.2. The number of pyridine rings is 1. The lowest BCUT2D eigenvalue weighted by Crippen LogP contribution is -2.29. The fraction of sp³-hybridized carbons (Fsp3) is 0.292. The van der Waals surface area contributed by atoms with E-state index in [4.69, 9.17) is 14.2 Å². The number of nitrogens with zero attached hydrogens (tertiary/aromatic N) is 4. The third-order valence-electron chi connectivity index (χ3n) is 5.67. The summed E-state index contributed by atoms with van der Waals surface area (Å²) in [6.45, 7) is 1.65. The SMILES string of the molecule is COc1cnnc(-c2cccc(CNCC[C@@H]3CN(c4ccc5c(n4)NC(=O)CO5)C(=O)O3)c2)c1. The molecule has 11 nitrogen and oxygen atoms in total. The number of aromatic nitrogens is 3. The number of ether oxygens (including phenoxy) is 3. The van der Waals surface area contributed by atoms with Crippen LogP contribution in [-0.4, -0.2) is 60.1 Å². The molecule has 1 saturated heterocycles. The first-order chi connectivity index (χ1) is 17.1. The minimum Gasteiger partial charge on any atom is -0.495 e.